The number of rotatable bonds is 6. The van der Waals surface area contributed by atoms with Crippen LogP contribution >= 0.6 is 11.8 Å². The number of para-hydroxylation sites is 1. The molecule has 0 radical (unpaired) electrons. The van der Waals surface area contributed by atoms with Crippen LogP contribution in [0.5, 0.6) is 0 Å². The Bertz CT molecular complexity index is 987. The van der Waals surface area contributed by atoms with Crippen molar-refractivity contribution in [3.05, 3.63) is 52.4 Å². The largest absolute Gasteiger partial charge is 0.341 e. The molecule has 0 unspecified atom stereocenters. The summed E-state index contributed by atoms with van der Waals surface area (Å²) in [5.41, 5.74) is 1.03. The molecule has 32 heavy (non-hydrogen) atoms. The highest BCUT2D eigenvalue weighted by Gasteiger charge is 2.22. The van der Waals surface area contributed by atoms with Gasteiger partial charge in [-0.3, -0.25) is 19.3 Å². The van der Waals surface area contributed by atoms with Crippen LogP contribution in [-0.4, -0.2) is 70.1 Å². The van der Waals surface area contributed by atoms with Crippen LogP contribution in [0.1, 0.15) is 32.9 Å². The summed E-state index contributed by atoms with van der Waals surface area (Å²) in [7, 11) is 0. The van der Waals surface area contributed by atoms with Crippen molar-refractivity contribution in [1.82, 2.24) is 19.8 Å². The van der Waals surface area contributed by atoms with Crippen molar-refractivity contribution < 1.29 is 9.59 Å². The molecule has 0 atom stereocenters. The lowest BCUT2D eigenvalue weighted by Crippen LogP contribution is -2.38. The molecule has 172 valence electrons. The van der Waals surface area contributed by atoms with Crippen molar-refractivity contribution in [1.29, 1.82) is 0 Å². The molecule has 1 fully saturated rings. The van der Waals surface area contributed by atoms with Crippen LogP contribution in [0.4, 0.5) is 5.69 Å². The minimum absolute atomic E-state index is 0.00870. The topological polar surface area (TPSA) is 98.4 Å². The first-order valence-electron chi connectivity index (χ1n) is 10.8. The van der Waals surface area contributed by atoms with E-state index in [0.29, 0.717) is 37.0 Å². The fraction of sp³-hybridized carbons (Fsp3) is 0.478. The third kappa shape index (κ3) is 7.20. The van der Waals surface area contributed by atoms with Crippen molar-refractivity contribution >= 4 is 29.3 Å². The van der Waals surface area contributed by atoms with E-state index in [-0.39, 0.29) is 28.5 Å². The monoisotopic (exact) mass is 457 g/mol. The SMILES string of the molecule is CC(C)(C)c1cc(=O)[nH]c(SCC(=O)N2CCCN(CC(=O)Nc3ccccc3)CC2)n1. The summed E-state index contributed by atoms with van der Waals surface area (Å²) in [6.45, 7) is 8.93. The molecule has 8 nitrogen and oxygen atoms in total. The van der Waals surface area contributed by atoms with Crippen molar-refractivity contribution in [3.63, 3.8) is 0 Å². The van der Waals surface area contributed by atoms with E-state index in [1.807, 2.05) is 56.0 Å². The molecular formula is C23H31N5O3S. The van der Waals surface area contributed by atoms with Crippen LogP contribution in [0, 0.1) is 0 Å². The van der Waals surface area contributed by atoms with Crippen molar-refractivity contribution in [2.24, 2.45) is 0 Å². The predicted octanol–water partition coefficient (Wildman–Crippen LogP) is 2.33. The summed E-state index contributed by atoms with van der Waals surface area (Å²) in [5.74, 6) is 0.167. The zero-order valence-electron chi connectivity index (χ0n) is 18.9. The highest BCUT2D eigenvalue weighted by molar-refractivity contribution is 7.99. The number of benzene rings is 1. The smallest absolute Gasteiger partial charge is 0.251 e. The highest BCUT2D eigenvalue weighted by Crippen LogP contribution is 2.21. The summed E-state index contributed by atoms with van der Waals surface area (Å²) in [6, 6.07) is 10.9. The number of hydrogen-bond donors (Lipinski definition) is 2. The summed E-state index contributed by atoms with van der Waals surface area (Å²) in [5, 5.41) is 3.36. The number of anilines is 1. The number of carbonyl (C=O) groups is 2. The number of nitrogens with one attached hydrogen (secondary N) is 2. The Balaban J connectivity index is 1.49. The standard InChI is InChI=1S/C23H31N5O3S/c1-23(2,3)18-14-19(29)26-22(25-18)32-16-21(31)28-11-7-10-27(12-13-28)15-20(30)24-17-8-5-4-6-9-17/h4-6,8-9,14H,7,10-13,15-16H2,1-3H3,(H,24,30)(H,25,26,29). The maximum atomic E-state index is 12.7. The Morgan fingerprint density at radius 3 is 2.59 bits per heavy atom. The molecule has 0 spiro atoms. The van der Waals surface area contributed by atoms with Crippen LogP contribution in [0.15, 0.2) is 46.3 Å². The lowest BCUT2D eigenvalue weighted by Gasteiger charge is -2.22. The van der Waals surface area contributed by atoms with Crippen LogP contribution in [0.2, 0.25) is 0 Å². The van der Waals surface area contributed by atoms with Gasteiger partial charge in [-0.05, 0) is 18.6 Å². The van der Waals surface area contributed by atoms with Gasteiger partial charge in [0.25, 0.3) is 5.56 Å². The van der Waals surface area contributed by atoms with E-state index < -0.39 is 0 Å². The molecule has 1 aliphatic rings. The zero-order chi connectivity index (χ0) is 23.1. The number of aromatic amines is 1. The van der Waals surface area contributed by atoms with Gasteiger partial charge in [-0.1, -0.05) is 50.7 Å². The van der Waals surface area contributed by atoms with E-state index in [1.165, 1.54) is 17.8 Å². The molecule has 1 aromatic heterocycles. The van der Waals surface area contributed by atoms with E-state index in [9.17, 15) is 14.4 Å². The van der Waals surface area contributed by atoms with Gasteiger partial charge in [0, 0.05) is 43.3 Å². The third-order valence-electron chi connectivity index (χ3n) is 5.19. The molecule has 0 saturated carbocycles. The Labute approximate surface area is 192 Å². The van der Waals surface area contributed by atoms with Crippen LogP contribution < -0.4 is 10.9 Å². The zero-order valence-corrected chi connectivity index (χ0v) is 19.7. The summed E-state index contributed by atoms with van der Waals surface area (Å²) in [6.07, 6.45) is 0.809. The van der Waals surface area contributed by atoms with E-state index in [4.69, 9.17) is 0 Å². The average molecular weight is 458 g/mol. The third-order valence-corrected chi connectivity index (χ3v) is 6.04. The molecule has 1 aromatic carbocycles. The molecule has 2 heterocycles. The van der Waals surface area contributed by atoms with Crippen LogP contribution in [0.3, 0.4) is 0 Å². The number of amides is 2. The molecular weight excluding hydrogens is 426 g/mol. The maximum absolute atomic E-state index is 12.7. The molecule has 2 N–H and O–H groups in total. The van der Waals surface area contributed by atoms with Gasteiger partial charge >= 0.3 is 0 Å². The van der Waals surface area contributed by atoms with Gasteiger partial charge in [-0.15, -0.1) is 0 Å². The minimum Gasteiger partial charge on any atom is -0.341 e. The number of H-pyrrole nitrogens is 1. The second-order valence-corrected chi connectivity index (χ2v) is 9.86. The predicted molar refractivity (Wildman–Crippen MR) is 127 cm³/mol. The minimum atomic E-state index is -0.241. The Morgan fingerprint density at radius 2 is 1.88 bits per heavy atom. The number of aromatic nitrogens is 2. The number of nitrogens with zero attached hydrogens (tertiary/aromatic N) is 3. The first-order chi connectivity index (χ1) is 15.2. The quantitative estimate of drug-likeness (QED) is 0.510. The molecule has 0 bridgehead atoms. The summed E-state index contributed by atoms with van der Waals surface area (Å²) >= 11 is 1.25. The second-order valence-electron chi connectivity index (χ2n) is 8.90. The van der Waals surface area contributed by atoms with Gasteiger partial charge in [0.05, 0.1) is 18.0 Å². The Hall–Kier alpha value is -2.65. The van der Waals surface area contributed by atoms with Crippen LogP contribution in [0.25, 0.3) is 0 Å². The Morgan fingerprint density at radius 1 is 1.12 bits per heavy atom. The van der Waals surface area contributed by atoms with Gasteiger partial charge in [-0.2, -0.15) is 0 Å². The van der Waals surface area contributed by atoms with Crippen molar-refractivity contribution in [2.45, 2.75) is 37.8 Å². The van der Waals surface area contributed by atoms with E-state index >= 15 is 0 Å². The van der Waals surface area contributed by atoms with Gasteiger partial charge in [-0.25, -0.2) is 4.98 Å². The molecule has 0 aliphatic carbocycles. The van der Waals surface area contributed by atoms with Gasteiger partial charge in [0.15, 0.2) is 5.16 Å². The molecule has 3 rings (SSSR count). The number of hydrogen-bond acceptors (Lipinski definition) is 6. The Kier molecular flexibility index (Phi) is 8.09. The fourth-order valence-corrected chi connectivity index (χ4v) is 4.19. The van der Waals surface area contributed by atoms with Gasteiger partial charge in [0.1, 0.15) is 0 Å². The fourth-order valence-electron chi connectivity index (χ4n) is 3.41. The lowest BCUT2D eigenvalue weighted by molar-refractivity contribution is -0.128. The van der Waals surface area contributed by atoms with E-state index in [1.54, 1.807) is 0 Å². The maximum Gasteiger partial charge on any atom is 0.251 e. The van der Waals surface area contributed by atoms with Gasteiger partial charge in [0.2, 0.25) is 11.8 Å². The number of thioether (sulfide) groups is 1. The van der Waals surface area contributed by atoms with E-state index in [2.05, 4.69) is 20.2 Å². The second kappa shape index (κ2) is 10.8. The molecule has 2 aromatic rings. The lowest BCUT2D eigenvalue weighted by atomic mass is 9.92. The van der Waals surface area contributed by atoms with Crippen LogP contribution in [-0.2, 0) is 15.0 Å². The van der Waals surface area contributed by atoms with Gasteiger partial charge < -0.3 is 15.2 Å². The molecule has 9 heteroatoms. The van der Waals surface area contributed by atoms with Crippen molar-refractivity contribution in [3.8, 4) is 0 Å². The molecule has 1 aliphatic heterocycles. The summed E-state index contributed by atoms with van der Waals surface area (Å²) < 4.78 is 0. The molecule has 1 saturated heterocycles. The first kappa shape index (κ1) is 24.0. The van der Waals surface area contributed by atoms with E-state index in [0.717, 1.165) is 18.7 Å². The normalized spacial score (nSPS) is 15.3. The summed E-state index contributed by atoms with van der Waals surface area (Å²) in [4.78, 5) is 48.1. The number of carbonyl (C=O) groups excluding carboxylic acids is 2. The van der Waals surface area contributed by atoms with Crippen molar-refractivity contribution in [2.75, 3.05) is 43.8 Å². The first-order valence-corrected chi connectivity index (χ1v) is 11.8. The average Bonchev–Trinajstić information content (AvgIpc) is 2.97. The molecule has 2 amide bonds. The highest BCUT2D eigenvalue weighted by atomic mass is 32.2.